The van der Waals surface area contributed by atoms with Crippen LogP contribution in [-0.4, -0.2) is 21.7 Å². The van der Waals surface area contributed by atoms with E-state index in [4.69, 9.17) is 10.8 Å². The maximum Gasteiger partial charge on any atom is 0.253 e. The van der Waals surface area contributed by atoms with E-state index in [0.29, 0.717) is 17.3 Å². The Kier molecular flexibility index (Phi) is 5.24. The number of nitrogens with one attached hydrogen (secondary N) is 1. The van der Waals surface area contributed by atoms with E-state index < -0.39 is 0 Å². The Balaban J connectivity index is 2.06. The third-order valence-corrected chi connectivity index (χ3v) is 4.29. The number of nitrogen functional groups attached to an aromatic ring is 1. The average Bonchev–Trinajstić information content (AvgIpc) is 2.83. The van der Waals surface area contributed by atoms with Crippen molar-refractivity contribution in [2.75, 3.05) is 12.3 Å². The minimum absolute atomic E-state index is 0.0651. The summed E-state index contributed by atoms with van der Waals surface area (Å²) >= 11 is 3.00. The van der Waals surface area contributed by atoms with Gasteiger partial charge in [0.05, 0.1) is 6.61 Å². The largest absolute Gasteiger partial charge is 0.395 e. The predicted octanol–water partition coefficient (Wildman–Crippen LogP) is 1.44. The zero-order valence-corrected chi connectivity index (χ0v) is 12.2. The highest BCUT2D eigenvalue weighted by Gasteiger charge is 2.05. The van der Waals surface area contributed by atoms with Gasteiger partial charge in [-0.25, -0.2) is 4.98 Å². The average molecular weight is 307 g/mol. The number of aliphatic hydroxyl groups is 1. The molecular weight excluding hydrogens is 294 g/mol. The second kappa shape index (κ2) is 7.14. The van der Waals surface area contributed by atoms with Gasteiger partial charge < -0.3 is 15.8 Å². The van der Waals surface area contributed by atoms with Crippen LogP contribution in [0, 0.1) is 11.8 Å². The Labute approximate surface area is 124 Å². The van der Waals surface area contributed by atoms with Crippen LogP contribution in [0.25, 0.3) is 0 Å². The minimum Gasteiger partial charge on any atom is -0.395 e. The van der Waals surface area contributed by atoms with E-state index in [1.807, 2.05) is 11.4 Å². The molecule has 0 aromatic carbocycles. The lowest BCUT2D eigenvalue weighted by Crippen LogP contribution is -2.09. The van der Waals surface area contributed by atoms with Gasteiger partial charge in [0, 0.05) is 28.7 Å². The molecular formula is C13H13N3O2S2. The summed E-state index contributed by atoms with van der Waals surface area (Å²) in [5, 5.41) is 11.2. The van der Waals surface area contributed by atoms with Crippen LogP contribution in [0.2, 0.25) is 0 Å². The summed E-state index contributed by atoms with van der Waals surface area (Å²) in [5.74, 6) is 6.79. The molecule has 2 aromatic rings. The number of hydrogen-bond donors (Lipinski definition) is 3. The molecule has 104 valence electrons. The maximum atomic E-state index is 11.3. The number of anilines is 1. The Bertz CT molecular complexity index is 697. The van der Waals surface area contributed by atoms with E-state index in [1.54, 1.807) is 11.3 Å². The molecule has 2 heterocycles. The number of thioether (sulfide) groups is 1. The summed E-state index contributed by atoms with van der Waals surface area (Å²) in [4.78, 5) is 19.1. The summed E-state index contributed by atoms with van der Waals surface area (Å²) in [5.41, 5.74) is 6.22. The lowest BCUT2D eigenvalue weighted by molar-refractivity contribution is 0.305. The molecule has 0 aliphatic rings. The molecule has 0 bridgehead atoms. The molecule has 0 unspecified atom stereocenters. The molecule has 20 heavy (non-hydrogen) atoms. The fourth-order valence-corrected chi connectivity index (χ4v) is 3.26. The molecule has 4 N–H and O–H groups in total. The molecule has 0 fully saturated rings. The zero-order valence-electron chi connectivity index (χ0n) is 10.5. The minimum atomic E-state index is -0.255. The van der Waals surface area contributed by atoms with Crippen LogP contribution in [0.3, 0.4) is 0 Å². The van der Waals surface area contributed by atoms with Gasteiger partial charge in [0.15, 0.2) is 5.16 Å². The third-order valence-electron chi connectivity index (χ3n) is 2.29. The Morgan fingerprint density at radius 1 is 1.55 bits per heavy atom. The number of nitrogens with two attached hydrogens (primary N) is 1. The maximum absolute atomic E-state index is 11.3. The fraction of sp³-hybridized carbons (Fsp3) is 0.231. The van der Waals surface area contributed by atoms with E-state index >= 15 is 0 Å². The Hall–Kier alpha value is -1.75. The number of aliphatic hydroxyl groups excluding tert-OH is 1. The van der Waals surface area contributed by atoms with Crippen LogP contribution in [0.1, 0.15) is 16.9 Å². The first-order chi connectivity index (χ1) is 9.69. The van der Waals surface area contributed by atoms with E-state index in [1.165, 1.54) is 17.8 Å². The van der Waals surface area contributed by atoms with Crippen LogP contribution in [0.15, 0.2) is 27.5 Å². The molecule has 0 aliphatic carbocycles. The van der Waals surface area contributed by atoms with Crippen molar-refractivity contribution < 1.29 is 5.11 Å². The normalized spacial score (nSPS) is 10.1. The number of hydrogen-bond acceptors (Lipinski definition) is 6. The van der Waals surface area contributed by atoms with Gasteiger partial charge in [-0.1, -0.05) is 23.6 Å². The van der Waals surface area contributed by atoms with Gasteiger partial charge in [-0.15, -0.1) is 11.3 Å². The highest BCUT2D eigenvalue weighted by molar-refractivity contribution is 7.98. The Morgan fingerprint density at radius 2 is 2.40 bits per heavy atom. The lowest BCUT2D eigenvalue weighted by Gasteiger charge is -2.00. The number of aromatic nitrogens is 2. The molecule has 0 atom stereocenters. The van der Waals surface area contributed by atoms with Gasteiger partial charge in [-0.2, -0.15) is 0 Å². The van der Waals surface area contributed by atoms with Crippen molar-refractivity contribution in [2.24, 2.45) is 0 Å². The molecule has 2 rings (SSSR count). The number of aromatic amines is 1. The van der Waals surface area contributed by atoms with Crippen LogP contribution in [0.5, 0.6) is 0 Å². The third kappa shape index (κ3) is 4.13. The molecule has 2 aromatic heterocycles. The first-order valence-electron chi connectivity index (χ1n) is 5.85. The first kappa shape index (κ1) is 14.7. The molecule has 0 saturated carbocycles. The van der Waals surface area contributed by atoms with Gasteiger partial charge in [0.25, 0.3) is 5.56 Å². The first-order valence-corrected chi connectivity index (χ1v) is 7.71. The van der Waals surface area contributed by atoms with E-state index in [-0.39, 0.29) is 18.0 Å². The summed E-state index contributed by atoms with van der Waals surface area (Å²) in [6.07, 6.45) is 0.465. The quantitative estimate of drug-likeness (QED) is 0.451. The molecule has 0 spiro atoms. The van der Waals surface area contributed by atoms with Crippen molar-refractivity contribution in [3.8, 4) is 11.8 Å². The van der Waals surface area contributed by atoms with E-state index in [2.05, 4.69) is 21.8 Å². The molecule has 0 amide bonds. The van der Waals surface area contributed by atoms with Crippen LogP contribution in [-0.2, 0) is 5.75 Å². The van der Waals surface area contributed by atoms with E-state index in [0.717, 1.165) is 10.4 Å². The molecule has 0 saturated heterocycles. The summed E-state index contributed by atoms with van der Waals surface area (Å²) in [6.45, 7) is 0.0651. The summed E-state index contributed by atoms with van der Waals surface area (Å²) < 4.78 is 0. The fourth-order valence-electron chi connectivity index (χ4n) is 1.43. The van der Waals surface area contributed by atoms with Gasteiger partial charge in [-0.3, -0.25) is 4.79 Å². The zero-order chi connectivity index (χ0) is 14.4. The van der Waals surface area contributed by atoms with Gasteiger partial charge in [0.1, 0.15) is 5.82 Å². The van der Waals surface area contributed by atoms with Crippen LogP contribution in [0.4, 0.5) is 5.82 Å². The van der Waals surface area contributed by atoms with E-state index in [9.17, 15) is 4.79 Å². The second-order valence-corrected chi connectivity index (χ2v) is 5.76. The van der Waals surface area contributed by atoms with Crippen LogP contribution >= 0.6 is 23.1 Å². The SMILES string of the molecule is Nc1cc(=O)[nH]c(SCc2sccc2C#CCCO)n1. The number of thiophene rings is 1. The smallest absolute Gasteiger partial charge is 0.253 e. The van der Waals surface area contributed by atoms with Crippen molar-refractivity contribution in [3.05, 3.63) is 38.3 Å². The number of rotatable bonds is 4. The van der Waals surface area contributed by atoms with Crippen molar-refractivity contribution in [3.63, 3.8) is 0 Å². The van der Waals surface area contributed by atoms with Crippen molar-refractivity contribution >= 4 is 28.9 Å². The molecule has 0 aliphatic heterocycles. The molecule has 0 radical (unpaired) electrons. The number of nitrogens with zero attached hydrogens (tertiary/aromatic N) is 1. The lowest BCUT2D eigenvalue weighted by atomic mass is 10.2. The van der Waals surface area contributed by atoms with Crippen molar-refractivity contribution in [1.29, 1.82) is 0 Å². The van der Waals surface area contributed by atoms with Gasteiger partial charge in [-0.05, 0) is 11.4 Å². The predicted molar refractivity (Wildman–Crippen MR) is 81.7 cm³/mol. The van der Waals surface area contributed by atoms with Gasteiger partial charge >= 0.3 is 0 Å². The van der Waals surface area contributed by atoms with Crippen molar-refractivity contribution in [2.45, 2.75) is 17.3 Å². The summed E-state index contributed by atoms with van der Waals surface area (Å²) in [7, 11) is 0. The molecule has 5 nitrogen and oxygen atoms in total. The van der Waals surface area contributed by atoms with Crippen molar-refractivity contribution in [1.82, 2.24) is 9.97 Å². The molecule has 7 heteroatoms. The summed E-state index contributed by atoms with van der Waals surface area (Å²) in [6, 6.07) is 3.20. The van der Waals surface area contributed by atoms with Crippen LogP contribution < -0.4 is 11.3 Å². The second-order valence-electron chi connectivity index (χ2n) is 3.80. The Morgan fingerprint density at radius 3 is 3.15 bits per heavy atom. The number of H-pyrrole nitrogens is 1. The monoisotopic (exact) mass is 307 g/mol. The highest BCUT2D eigenvalue weighted by atomic mass is 32.2. The topological polar surface area (TPSA) is 92.0 Å². The highest BCUT2D eigenvalue weighted by Crippen LogP contribution is 2.25. The van der Waals surface area contributed by atoms with Gasteiger partial charge in [0.2, 0.25) is 0 Å². The standard InChI is InChI=1S/C13H13N3O2S2/c14-11-7-12(18)16-13(15-11)20-8-10-9(4-6-19-10)3-1-2-5-17/h4,6-7,17H,2,5,8H2,(H3,14,15,16,18).